The molecule has 0 unspecified atom stereocenters. The van der Waals surface area contributed by atoms with Crippen molar-refractivity contribution in [2.45, 2.75) is 0 Å². The topological polar surface area (TPSA) is 51.8 Å². The molecule has 0 fully saturated rings. The van der Waals surface area contributed by atoms with Gasteiger partial charge in [0.25, 0.3) is 0 Å². The molecule has 0 atom stereocenters. The molecule has 0 bridgehead atoms. The van der Waals surface area contributed by atoms with Crippen molar-refractivity contribution in [1.82, 2.24) is 15.1 Å². The third-order valence-corrected chi connectivity index (χ3v) is 1.37. The van der Waals surface area contributed by atoms with E-state index in [1.807, 2.05) is 0 Å². The zero-order valence-corrected chi connectivity index (χ0v) is 5.94. The number of hydrogen-bond donors (Lipinski definition) is 0. The van der Waals surface area contributed by atoms with Gasteiger partial charge in [-0.1, -0.05) is 5.16 Å². The Balaban J connectivity index is 2.55. The third kappa shape index (κ3) is 1.05. The fourth-order valence-electron chi connectivity index (χ4n) is 0.846. The van der Waals surface area contributed by atoms with E-state index in [0.29, 0.717) is 5.56 Å². The van der Waals surface area contributed by atoms with Crippen LogP contribution < -0.4 is 0 Å². The highest BCUT2D eigenvalue weighted by Crippen LogP contribution is 2.16. The van der Waals surface area contributed by atoms with Gasteiger partial charge >= 0.3 is 0 Å². The Morgan fingerprint density at radius 1 is 1.42 bits per heavy atom. The second-order valence-electron chi connectivity index (χ2n) is 2.11. The van der Waals surface area contributed by atoms with Crippen LogP contribution in [0.25, 0.3) is 11.4 Å². The molecule has 0 spiro atoms. The molecule has 12 heavy (non-hydrogen) atoms. The van der Waals surface area contributed by atoms with Gasteiger partial charge in [-0.05, 0) is 6.07 Å². The Hall–Kier alpha value is -1.78. The van der Waals surface area contributed by atoms with E-state index in [4.69, 9.17) is 0 Å². The van der Waals surface area contributed by atoms with Crippen molar-refractivity contribution >= 4 is 0 Å². The fourth-order valence-corrected chi connectivity index (χ4v) is 0.846. The zero-order valence-electron chi connectivity index (χ0n) is 5.94. The van der Waals surface area contributed by atoms with Crippen molar-refractivity contribution in [1.29, 1.82) is 0 Å². The summed E-state index contributed by atoms with van der Waals surface area (Å²) in [5, 5.41) is 3.49. The summed E-state index contributed by atoms with van der Waals surface area (Å²) in [5.41, 5.74) is 0.291. The molecular weight excluding hydrogens is 161 g/mol. The van der Waals surface area contributed by atoms with E-state index in [1.54, 1.807) is 0 Å². The van der Waals surface area contributed by atoms with Crippen LogP contribution in [0.1, 0.15) is 0 Å². The molecule has 5 heteroatoms. The molecule has 0 amide bonds. The maximum Gasteiger partial charge on any atom is 0.214 e. The summed E-state index contributed by atoms with van der Waals surface area (Å²) in [6.07, 6.45) is 3.72. The maximum atomic E-state index is 13.0. The van der Waals surface area contributed by atoms with Crippen LogP contribution in [0.3, 0.4) is 0 Å². The van der Waals surface area contributed by atoms with Gasteiger partial charge in [-0.2, -0.15) is 4.98 Å². The minimum atomic E-state index is -0.459. The Morgan fingerprint density at radius 2 is 2.33 bits per heavy atom. The molecule has 0 aromatic carbocycles. The molecule has 60 valence electrons. The predicted molar refractivity (Wildman–Crippen MR) is 37.5 cm³/mol. The Labute approximate surface area is 67.1 Å². The minimum Gasteiger partial charge on any atom is -0.342 e. The second-order valence-corrected chi connectivity index (χ2v) is 2.11. The summed E-state index contributed by atoms with van der Waals surface area (Å²) in [4.78, 5) is 7.30. The average Bonchev–Trinajstić information content (AvgIpc) is 2.57. The zero-order chi connectivity index (χ0) is 8.39. The largest absolute Gasteiger partial charge is 0.342 e. The summed E-state index contributed by atoms with van der Waals surface area (Å²) in [6, 6.07) is 1.49. The van der Waals surface area contributed by atoms with Gasteiger partial charge in [0.2, 0.25) is 12.2 Å². The van der Waals surface area contributed by atoms with Crippen LogP contribution in [0, 0.1) is 5.82 Å². The minimum absolute atomic E-state index is 0.231. The lowest BCUT2D eigenvalue weighted by Gasteiger charge is -1.93. The SMILES string of the molecule is Fc1cnccc1-c1ncon1. The van der Waals surface area contributed by atoms with Crippen LogP contribution in [-0.4, -0.2) is 15.1 Å². The van der Waals surface area contributed by atoms with Crippen molar-refractivity contribution < 1.29 is 8.91 Å². The highest BCUT2D eigenvalue weighted by molar-refractivity contribution is 5.53. The van der Waals surface area contributed by atoms with E-state index >= 15 is 0 Å². The first-order chi connectivity index (χ1) is 5.88. The van der Waals surface area contributed by atoms with E-state index < -0.39 is 5.82 Å². The van der Waals surface area contributed by atoms with Gasteiger partial charge in [0.1, 0.15) is 0 Å². The molecular formula is C7H4FN3O. The predicted octanol–water partition coefficient (Wildman–Crippen LogP) is 1.27. The number of pyridine rings is 1. The van der Waals surface area contributed by atoms with Gasteiger partial charge in [0.15, 0.2) is 5.82 Å². The fraction of sp³-hybridized carbons (Fsp3) is 0. The number of aromatic nitrogens is 3. The molecule has 0 aliphatic carbocycles. The van der Waals surface area contributed by atoms with Crippen molar-refractivity contribution in [3.63, 3.8) is 0 Å². The van der Waals surface area contributed by atoms with Crippen molar-refractivity contribution in [3.8, 4) is 11.4 Å². The summed E-state index contributed by atoms with van der Waals surface area (Å²) in [6.45, 7) is 0. The molecule has 2 aromatic rings. The smallest absolute Gasteiger partial charge is 0.214 e. The van der Waals surface area contributed by atoms with Crippen molar-refractivity contribution in [2.24, 2.45) is 0 Å². The molecule has 0 aliphatic rings. The van der Waals surface area contributed by atoms with Gasteiger partial charge in [-0.3, -0.25) is 4.98 Å². The van der Waals surface area contributed by atoms with E-state index in [9.17, 15) is 4.39 Å². The van der Waals surface area contributed by atoms with E-state index in [2.05, 4.69) is 19.6 Å². The molecule has 0 N–H and O–H groups in total. The second kappa shape index (κ2) is 2.69. The molecule has 0 saturated heterocycles. The molecule has 0 saturated carbocycles. The summed E-state index contributed by atoms with van der Waals surface area (Å²) in [7, 11) is 0. The molecule has 0 radical (unpaired) electrons. The number of halogens is 1. The monoisotopic (exact) mass is 165 g/mol. The summed E-state index contributed by atoms with van der Waals surface area (Å²) < 4.78 is 17.4. The third-order valence-electron chi connectivity index (χ3n) is 1.37. The van der Waals surface area contributed by atoms with Crippen molar-refractivity contribution in [3.05, 3.63) is 30.7 Å². The molecule has 2 heterocycles. The highest BCUT2D eigenvalue weighted by atomic mass is 19.1. The summed E-state index contributed by atoms with van der Waals surface area (Å²) in [5.74, 6) is -0.228. The molecule has 4 nitrogen and oxygen atoms in total. The highest BCUT2D eigenvalue weighted by Gasteiger charge is 2.07. The van der Waals surface area contributed by atoms with E-state index in [-0.39, 0.29) is 5.82 Å². The molecule has 2 aromatic heterocycles. The molecule has 0 aliphatic heterocycles. The first-order valence-electron chi connectivity index (χ1n) is 3.24. The van der Waals surface area contributed by atoms with Crippen LogP contribution in [0.2, 0.25) is 0 Å². The quantitative estimate of drug-likeness (QED) is 0.638. The van der Waals surface area contributed by atoms with Crippen LogP contribution >= 0.6 is 0 Å². The standard InChI is InChI=1S/C7H4FN3O/c8-6-3-9-2-1-5(6)7-10-4-12-11-7/h1-4H. The first kappa shape index (κ1) is 6.90. The average molecular weight is 165 g/mol. The number of hydrogen-bond acceptors (Lipinski definition) is 4. The lowest BCUT2D eigenvalue weighted by atomic mass is 10.2. The van der Waals surface area contributed by atoms with Gasteiger partial charge in [0, 0.05) is 6.20 Å². The molecule has 2 rings (SSSR count). The normalized spacial score (nSPS) is 10.1. The van der Waals surface area contributed by atoms with Crippen LogP contribution in [0.4, 0.5) is 4.39 Å². The van der Waals surface area contributed by atoms with Crippen LogP contribution in [-0.2, 0) is 0 Å². The summed E-state index contributed by atoms with van der Waals surface area (Å²) >= 11 is 0. The first-order valence-corrected chi connectivity index (χ1v) is 3.24. The van der Waals surface area contributed by atoms with Crippen LogP contribution in [0.5, 0.6) is 0 Å². The number of nitrogens with zero attached hydrogens (tertiary/aromatic N) is 3. The van der Waals surface area contributed by atoms with Gasteiger partial charge in [-0.25, -0.2) is 4.39 Å². The Kier molecular flexibility index (Phi) is 1.55. The van der Waals surface area contributed by atoms with E-state index in [1.165, 1.54) is 12.3 Å². The lowest BCUT2D eigenvalue weighted by molar-refractivity contribution is 0.418. The van der Waals surface area contributed by atoms with Gasteiger partial charge in [-0.15, -0.1) is 0 Å². The van der Waals surface area contributed by atoms with Gasteiger partial charge < -0.3 is 4.52 Å². The Bertz CT molecular complexity index is 374. The Morgan fingerprint density at radius 3 is 3.00 bits per heavy atom. The lowest BCUT2D eigenvalue weighted by Crippen LogP contribution is -1.86. The van der Waals surface area contributed by atoms with Crippen molar-refractivity contribution in [2.75, 3.05) is 0 Å². The van der Waals surface area contributed by atoms with E-state index in [0.717, 1.165) is 12.6 Å². The maximum absolute atomic E-state index is 13.0. The van der Waals surface area contributed by atoms with Crippen LogP contribution in [0.15, 0.2) is 29.4 Å². The van der Waals surface area contributed by atoms with Gasteiger partial charge in [0.05, 0.1) is 11.8 Å². The number of rotatable bonds is 1.